The van der Waals surface area contributed by atoms with Crippen LogP contribution in [0.1, 0.15) is 16.8 Å². The van der Waals surface area contributed by atoms with Crippen molar-refractivity contribution in [2.45, 2.75) is 13.2 Å². The summed E-state index contributed by atoms with van der Waals surface area (Å²) in [7, 11) is 0. The minimum Gasteiger partial charge on any atom is -0.487 e. The minimum atomic E-state index is 0.207. The molecule has 2 heterocycles. The normalized spacial score (nSPS) is 11.2. The maximum absolute atomic E-state index is 5.95. The molecule has 0 radical (unpaired) electrons. The number of benzene rings is 1. The minimum absolute atomic E-state index is 0.207. The Morgan fingerprint density at radius 1 is 1.00 bits per heavy atom. The highest BCUT2D eigenvalue weighted by atomic mass is 16.5. The number of anilines is 1. The van der Waals surface area contributed by atoms with Crippen molar-refractivity contribution in [1.82, 2.24) is 15.1 Å². The molecule has 0 atom stereocenters. The first-order valence-electron chi connectivity index (χ1n) is 8.30. The molecule has 0 aliphatic rings. The number of hydrazone groups is 1. The Bertz CT molecular complexity index is 897. The fourth-order valence-corrected chi connectivity index (χ4v) is 2.38. The molecule has 6 N–H and O–H groups in total. The average molecular weight is 363 g/mol. The van der Waals surface area contributed by atoms with Gasteiger partial charge in [0.2, 0.25) is 0 Å². The number of nitrogens with two attached hydrogens (primary N) is 3. The van der Waals surface area contributed by atoms with Crippen LogP contribution in [0.15, 0.2) is 72.1 Å². The summed E-state index contributed by atoms with van der Waals surface area (Å²) in [5, 5.41) is 5.40. The number of nitrogens with zero attached hydrogens (tertiary/aromatic N) is 4. The summed E-state index contributed by atoms with van der Waals surface area (Å²) in [5.41, 5.74) is 14.1. The maximum Gasteiger partial charge on any atom is 0.156 e. The molecule has 8 heteroatoms. The molecular weight excluding hydrogens is 342 g/mol. The van der Waals surface area contributed by atoms with E-state index in [0.29, 0.717) is 24.5 Å². The van der Waals surface area contributed by atoms with E-state index in [0.717, 1.165) is 17.0 Å². The summed E-state index contributed by atoms with van der Waals surface area (Å²) >= 11 is 0. The molecule has 3 rings (SSSR count). The standard InChI is InChI=1S/C19H21N7O/c20-18-17(5-3-11-24-18)19(21)25-26(22)12-14-6-8-16(9-7-14)27-13-15-4-1-2-10-23-15/h1-11H,12-13,22H2,(H2,20,24)(H2,21,25). The Hall–Kier alpha value is -3.65. The van der Waals surface area contributed by atoms with Gasteiger partial charge in [0, 0.05) is 12.4 Å². The Morgan fingerprint density at radius 3 is 2.48 bits per heavy atom. The third-order valence-corrected chi connectivity index (χ3v) is 3.73. The van der Waals surface area contributed by atoms with Crippen molar-refractivity contribution in [3.05, 3.63) is 83.8 Å². The van der Waals surface area contributed by atoms with E-state index in [4.69, 9.17) is 22.0 Å². The Kier molecular flexibility index (Phi) is 5.80. The second-order valence-electron chi connectivity index (χ2n) is 5.77. The van der Waals surface area contributed by atoms with Crippen LogP contribution in [0, 0.1) is 0 Å². The smallest absolute Gasteiger partial charge is 0.156 e. The Morgan fingerprint density at radius 2 is 1.78 bits per heavy atom. The van der Waals surface area contributed by atoms with Crippen molar-refractivity contribution in [2.75, 3.05) is 5.73 Å². The topological polar surface area (TPSA) is 129 Å². The van der Waals surface area contributed by atoms with Gasteiger partial charge in [0.05, 0.1) is 17.8 Å². The van der Waals surface area contributed by atoms with E-state index in [1.54, 1.807) is 24.5 Å². The van der Waals surface area contributed by atoms with Gasteiger partial charge >= 0.3 is 0 Å². The van der Waals surface area contributed by atoms with E-state index in [1.165, 1.54) is 5.12 Å². The number of nitrogen functional groups attached to an aromatic ring is 1. The molecule has 0 spiro atoms. The molecule has 0 amide bonds. The molecule has 0 aliphatic carbocycles. The van der Waals surface area contributed by atoms with Gasteiger partial charge in [0.1, 0.15) is 18.2 Å². The zero-order valence-electron chi connectivity index (χ0n) is 14.7. The van der Waals surface area contributed by atoms with Gasteiger partial charge in [-0.1, -0.05) is 18.2 Å². The molecule has 8 nitrogen and oxygen atoms in total. The largest absolute Gasteiger partial charge is 0.487 e. The van der Waals surface area contributed by atoms with Crippen LogP contribution < -0.4 is 22.0 Å². The van der Waals surface area contributed by atoms with E-state index in [9.17, 15) is 0 Å². The fraction of sp³-hybridized carbons (Fsp3) is 0.105. The number of ether oxygens (including phenoxy) is 1. The monoisotopic (exact) mass is 363 g/mol. The molecule has 27 heavy (non-hydrogen) atoms. The summed E-state index contributed by atoms with van der Waals surface area (Å²) in [6.45, 7) is 0.790. The predicted molar refractivity (Wildman–Crippen MR) is 104 cm³/mol. The highest BCUT2D eigenvalue weighted by Crippen LogP contribution is 2.15. The van der Waals surface area contributed by atoms with Crippen LogP contribution in [0.4, 0.5) is 5.82 Å². The summed E-state index contributed by atoms with van der Waals surface area (Å²) in [6, 6.07) is 16.8. The van der Waals surface area contributed by atoms with Crippen molar-refractivity contribution >= 4 is 11.7 Å². The quantitative estimate of drug-likeness (QED) is 0.252. The SMILES string of the molecule is N/C(=N\N(N)Cc1ccc(OCc2ccccn2)cc1)c1cccnc1N. The lowest BCUT2D eigenvalue weighted by molar-refractivity contribution is 0.288. The van der Waals surface area contributed by atoms with Gasteiger partial charge < -0.3 is 16.2 Å². The van der Waals surface area contributed by atoms with Crippen LogP contribution in [0.5, 0.6) is 5.75 Å². The van der Waals surface area contributed by atoms with Crippen LogP contribution in [0.3, 0.4) is 0 Å². The highest BCUT2D eigenvalue weighted by Gasteiger charge is 2.06. The molecule has 0 bridgehead atoms. The molecule has 2 aromatic heterocycles. The summed E-state index contributed by atoms with van der Waals surface area (Å²) < 4.78 is 5.71. The van der Waals surface area contributed by atoms with E-state index in [1.807, 2.05) is 42.5 Å². The van der Waals surface area contributed by atoms with Crippen LogP contribution >= 0.6 is 0 Å². The predicted octanol–water partition coefficient (Wildman–Crippen LogP) is 1.63. The first-order chi connectivity index (χ1) is 13.1. The lowest BCUT2D eigenvalue weighted by atomic mass is 10.2. The van der Waals surface area contributed by atoms with Crippen LogP contribution in [0.25, 0.3) is 0 Å². The van der Waals surface area contributed by atoms with E-state index < -0.39 is 0 Å². The molecule has 0 fully saturated rings. The average Bonchev–Trinajstić information content (AvgIpc) is 2.68. The zero-order chi connectivity index (χ0) is 19.1. The first kappa shape index (κ1) is 18.2. The highest BCUT2D eigenvalue weighted by molar-refractivity contribution is 6.00. The van der Waals surface area contributed by atoms with Crippen LogP contribution in [-0.2, 0) is 13.2 Å². The third-order valence-electron chi connectivity index (χ3n) is 3.73. The van der Waals surface area contributed by atoms with Crippen molar-refractivity contribution in [2.24, 2.45) is 16.7 Å². The second kappa shape index (κ2) is 8.63. The van der Waals surface area contributed by atoms with Gasteiger partial charge in [-0.05, 0) is 42.0 Å². The third kappa shape index (κ3) is 5.16. The molecule has 0 saturated carbocycles. The van der Waals surface area contributed by atoms with Gasteiger partial charge in [-0.15, -0.1) is 5.10 Å². The number of amidine groups is 1. The Balaban J connectivity index is 1.57. The molecule has 0 unspecified atom stereocenters. The van der Waals surface area contributed by atoms with Gasteiger partial charge in [-0.25, -0.2) is 15.9 Å². The maximum atomic E-state index is 5.95. The van der Waals surface area contributed by atoms with Gasteiger partial charge in [0.25, 0.3) is 0 Å². The van der Waals surface area contributed by atoms with Gasteiger partial charge in [-0.2, -0.15) is 0 Å². The summed E-state index contributed by atoms with van der Waals surface area (Å²) in [5.74, 6) is 7.19. The number of hydrogen-bond donors (Lipinski definition) is 3. The van der Waals surface area contributed by atoms with Gasteiger partial charge in [-0.3, -0.25) is 4.98 Å². The lowest BCUT2D eigenvalue weighted by Gasteiger charge is -2.14. The second-order valence-corrected chi connectivity index (χ2v) is 5.77. The fourth-order valence-electron chi connectivity index (χ4n) is 2.38. The zero-order valence-corrected chi connectivity index (χ0v) is 14.7. The molecule has 138 valence electrons. The van der Waals surface area contributed by atoms with E-state index in [2.05, 4.69) is 15.1 Å². The number of pyridine rings is 2. The molecule has 3 aromatic rings. The van der Waals surface area contributed by atoms with Gasteiger partial charge in [0.15, 0.2) is 5.84 Å². The first-order valence-corrected chi connectivity index (χ1v) is 8.30. The summed E-state index contributed by atoms with van der Waals surface area (Å²) in [4.78, 5) is 8.20. The van der Waals surface area contributed by atoms with Crippen LogP contribution in [-0.4, -0.2) is 20.9 Å². The number of aromatic nitrogens is 2. The van der Waals surface area contributed by atoms with Crippen molar-refractivity contribution < 1.29 is 4.74 Å². The molecular formula is C19H21N7O. The van der Waals surface area contributed by atoms with E-state index in [-0.39, 0.29) is 5.84 Å². The molecule has 1 aromatic carbocycles. The number of rotatable bonds is 7. The lowest BCUT2D eigenvalue weighted by Crippen LogP contribution is -2.29. The number of hydrogen-bond acceptors (Lipinski definition) is 7. The Labute approximate surface area is 157 Å². The molecule has 0 saturated heterocycles. The van der Waals surface area contributed by atoms with E-state index >= 15 is 0 Å². The van der Waals surface area contributed by atoms with Crippen molar-refractivity contribution in [3.63, 3.8) is 0 Å². The van der Waals surface area contributed by atoms with Crippen molar-refractivity contribution in [3.8, 4) is 5.75 Å². The summed E-state index contributed by atoms with van der Waals surface area (Å²) in [6.07, 6.45) is 3.33. The molecule has 0 aliphatic heterocycles. The van der Waals surface area contributed by atoms with Crippen molar-refractivity contribution in [1.29, 1.82) is 0 Å². The van der Waals surface area contributed by atoms with Crippen LogP contribution in [0.2, 0.25) is 0 Å². The number of hydrazine groups is 1.